The van der Waals surface area contributed by atoms with Crippen LogP contribution in [0.3, 0.4) is 0 Å². The van der Waals surface area contributed by atoms with Crippen molar-refractivity contribution in [3.8, 4) is 5.75 Å². The lowest BCUT2D eigenvalue weighted by Crippen LogP contribution is -2.36. The van der Waals surface area contributed by atoms with Crippen LogP contribution in [0.4, 0.5) is 0 Å². The molecule has 6 nitrogen and oxygen atoms in total. The highest BCUT2D eigenvalue weighted by atomic mass is 79.9. The van der Waals surface area contributed by atoms with Gasteiger partial charge in [-0.3, -0.25) is 4.99 Å². The van der Waals surface area contributed by atoms with Crippen LogP contribution in [0.2, 0.25) is 0 Å². The molecule has 124 valence electrons. The lowest BCUT2D eigenvalue weighted by Gasteiger charge is -2.13. The van der Waals surface area contributed by atoms with Crippen molar-refractivity contribution in [2.75, 3.05) is 14.2 Å². The number of benzene rings is 1. The number of ether oxygens (including phenoxy) is 1. The Balaban J connectivity index is 1.96. The highest BCUT2D eigenvalue weighted by molar-refractivity contribution is 9.10. The van der Waals surface area contributed by atoms with E-state index in [2.05, 4.69) is 36.7 Å². The number of halogens is 1. The van der Waals surface area contributed by atoms with Gasteiger partial charge in [-0.15, -0.1) is 0 Å². The molecule has 1 aromatic carbocycles. The molecule has 0 bridgehead atoms. The standard InChI is InChI=1S/C16H21BrN4O2/c1-10-14(11(2)23-21-10)9-20-16(18-3)19-8-12-7-13(22-4)5-6-15(12)17/h5-7H,8-9H2,1-4H3,(H2,18,19,20). The first-order valence-corrected chi connectivity index (χ1v) is 8.03. The summed E-state index contributed by atoms with van der Waals surface area (Å²) >= 11 is 3.54. The molecule has 0 amide bonds. The van der Waals surface area contributed by atoms with E-state index in [4.69, 9.17) is 9.26 Å². The van der Waals surface area contributed by atoms with Gasteiger partial charge in [-0.25, -0.2) is 0 Å². The number of nitrogens with one attached hydrogen (secondary N) is 2. The van der Waals surface area contributed by atoms with Gasteiger partial charge >= 0.3 is 0 Å². The van der Waals surface area contributed by atoms with E-state index in [1.54, 1.807) is 14.2 Å². The summed E-state index contributed by atoms with van der Waals surface area (Å²) in [6.45, 7) is 5.07. The molecule has 2 rings (SSSR count). The molecule has 0 radical (unpaired) electrons. The Morgan fingerprint density at radius 3 is 2.65 bits per heavy atom. The Morgan fingerprint density at radius 1 is 1.30 bits per heavy atom. The van der Waals surface area contributed by atoms with Crippen molar-refractivity contribution < 1.29 is 9.26 Å². The fourth-order valence-electron chi connectivity index (χ4n) is 2.14. The van der Waals surface area contributed by atoms with Gasteiger partial charge in [-0.2, -0.15) is 0 Å². The molecule has 0 atom stereocenters. The van der Waals surface area contributed by atoms with Crippen LogP contribution in [0.1, 0.15) is 22.6 Å². The molecule has 0 aliphatic heterocycles. The Hall–Kier alpha value is -2.02. The summed E-state index contributed by atoms with van der Waals surface area (Å²) in [5.41, 5.74) is 3.03. The van der Waals surface area contributed by atoms with Gasteiger partial charge in [0.1, 0.15) is 11.5 Å². The van der Waals surface area contributed by atoms with E-state index < -0.39 is 0 Å². The minimum Gasteiger partial charge on any atom is -0.497 e. The van der Waals surface area contributed by atoms with Crippen LogP contribution in [0.25, 0.3) is 0 Å². The van der Waals surface area contributed by atoms with Crippen molar-refractivity contribution in [2.45, 2.75) is 26.9 Å². The summed E-state index contributed by atoms with van der Waals surface area (Å²) in [5, 5.41) is 10.5. The van der Waals surface area contributed by atoms with Gasteiger partial charge in [-0.05, 0) is 37.6 Å². The van der Waals surface area contributed by atoms with Crippen molar-refractivity contribution >= 4 is 21.9 Å². The van der Waals surface area contributed by atoms with Gasteiger partial charge in [0.2, 0.25) is 0 Å². The molecule has 0 spiro atoms. The van der Waals surface area contributed by atoms with E-state index in [1.807, 2.05) is 32.0 Å². The zero-order valence-electron chi connectivity index (χ0n) is 13.7. The average molecular weight is 381 g/mol. The minimum atomic E-state index is 0.611. The monoisotopic (exact) mass is 380 g/mol. The number of hydrogen-bond donors (Lipinski definition) is 2. The zero-order chi connectivity index (χ0) is 16.8. The Bertz CT molecular complexity index is 678. The highest BCUT2D eigenvalue weighted by Crippen LogP contribution is 2.22. The first kappa shape index (κ1) is 17.3. The van der Waals surface area contributed by atoms with Crippen LogP contribution in [0.5, 0.6) is 5.75 Å². The molecule has 2 aromatic rings. The SMILES string of the molecule is CN=C(NCc1cc(OC)ccc1Br)NCc1c(C)noc1C. The van der Waals surface area contributed by atoms with Crippen molar-refractivity contribution in [1.29, 1.82) is 0 Å². The molecule has 1 heterocycles. The maximum absolute atomic E-state index is 5.25. The fraction of sp³-hybridized carbons (Fsp3) is 0.375. The third-order valence-corrected chi connectivity index (χ3v) is 4.31. The van der Waals surface area contributed by atoms with Gasteiger partial charge in [-0.1, -0.05) is 21.1 Å². The van der Waals surface area contributed by atoms with E-state index in [-0.39, 0.29) is 0 Å². The molecule has 0 fully saturated rings. The van der Waals surface area contributed by atoms with Crippen molar-refractivity contribution in [1.82, 2.24) is 15.8 Å². The smallest absolute Gasteiger partial charge is 0.191 e. The van der Waals surface area contributed by atoms with Gasteiger partial charge < -0.3 is 19.9 Å². The number of aliphatic imine (C=N–C) groups is 1. The molecule has 0 aliphatic carbocycles. The molecular weight excluding hydrogens is 360 g/mol. The van der Waals surface area contributed by atoms with Crippen LogP contribution < -0.4 is 15.4 Å². The Kier molecular flexibility index (Phi) is 6.04. The van der Waals surface area contributed by atoms with E-state index >= 15 is 0 Å². The largest absolute Gasteiger partial charge is 0.497 e. The topological polar surface area (TPSA) is 71.7 Å². The number of aryl methyl sites for hydroxylation is 2. The number of hydrogen-bond acceptors (Lipinski definition) is 4. The number of guanidine groups is 1. The maximum atomic E-state index is 5.25. The molecular formula is C16H21BrN4O2. The van der Waals surface area contributed by atoms with Gasteiger partial charge in [0.05, 0.1) is 12.8 Å². The predicted octanol–water partition coefficient (Wildman–Crippen LogP) is 2.93. The number of rotatable bonds is 5. The number of aromatic nitrogens is 1. The van der Waals surface area contributed by atoms with Crippen LogP contribution in [-0.4, -0.2) is 25.3 Å². The summed E-state index contributed by atoms with van der Waals surface area (Å²) in [4.78, 5) is 4.23. The highest BCUT2D eigenvalue weighted by Gasteiger charge is 2.10. The Labute approximate surface area is 144 Å². The van der Waals surface area contributed by atoms with Gasteiger partial charge in [0, 0.05) is 30.2 Å². The predicted molar refractivity (Wildman–Crippen MR) is 93.7 cm³/mol. The lowest BCUT2D eigenvalue weighted by molar-refractivity contribution is 0.392. The molecule has 2 N–H and O–H groups in total. The molecule has 0 aliphatic rings. The molecule has 23 heavy (non-hydrogen) atoms. The summed E-state index contributed by atoms with van der Waals surface area (Å²) in [5.74, 6) is 2.35. The average Bonchev–Trinajstić information content (AvgIpc) is 2.88. The number of methoxy groups -OCH3 is 1. The van der Waals surface area contributed by atoms with Gasteiger partial charge in [0.15, 0.2) is 5.96 Å². The van der Waals surface area contributed by atoms with Crippen LogP contribution >= 0.6 is 15.9 Å². The first-order valence-electron chi connectivity index (χ1n) is 7.23. The van der Waals surface area contributed by atoms with Crippen molar-refractivity contribution in [3.05, 3.63) is 45.3 Å². The van der Waals surface area contributed by atoms with Crippen LogP contribution in [0, 0.1) is 13.8 Å². The second-order valence-electron chi connectivity index (χ2n) is 5.04. The van der Waals surface area contributed by atoms with Crippen LogP contribution in [0.15, 0.2) is 32.2 Å². The van der Waals surface area contributed by atoms with Crippen LogP contribution in [-0.2, 0) is 13.1 Å². The van der Waals surface area contributed by atoms with Gasteiger partial charge in [0.25, 0.3) is 0 Å². The molecule has 0 unspecified atom stereocenters. The number of nitrogens with zero attached hydrogens (tertiary/aromatic N) is 2. The molecule has 0 saturated carbocycles. The quantitative estimate of drug-likeness (QED) is 0.616. The molecule has 0 saturated heterocycles. The van der Waals surface area contributed by atoms with Crippen molar-refractivity contribution in [3.63, 3.8) is 0 Å². The van der Waals surface area contributed by atoms with E-state index in [0.29, 0.717) is 19.0 Å². The zero-order valence-corrected chi connectivity index (χ0v) is 15.3. The third kappa shape index (κ3) is 4.48. The maximum Gasteiger partial charge on any atom is 0.191 e. The normalized spacial score (nSPS) is 11.4. The summed E-state index contributed by atoms with van der Waals surface area (Å²) in [7, 11) is 3.40. The van der Waals surface area contributed by atoms with E-state index in [9.17, 15) is 0 Å². The minimum absolute atomic E-state index is 0.611. The first-order chi connectivity index (χ1) is 11.0. The summed E-state index contributed by atoms with van der Waals surface area (Å²) in [6, 6.07) is 5.87. The second-order valence-corrected chi connectivity index (χ2v) is 5.89. The Morgan fingerprint density at radius 2 is 2.04 bits per heavy atom. The third-order valence-electron chi connectivity index (χ3n) is 3.54. The van der Waals surface area contributed by atoms with Crippen molar-refractivity contribution in [2.24, 2.45) is 4.99 Å². The second kappa shape index (κ2) is 8.01. The molecule has 1 aromatic heterocycles. The lowest BCUT2D eigenvalue weighted by atomic mass is 10.2. The summed E-state index contributed by atoms with van der Waals surface area (Å²) < 4.78 is 11.4. The summed E-state index contributed by atoms with van der Waals surface area (Å²) in [6.07, 6.45) is 0. The fourth-order valence-corrected chi connectivity index (χ4v) is 2.53. The van der Waals surface area contributed by atoms with E-state index in [1.165, 1.54) is 0 Å². The van der Waals surface area contributed by atoms with E-state index in [0.717, 1.165) is 32.8 Å². The molecule has 7 heteroatoms.